The van der Waals surface area contributed by atoms with Crippen molar-refractivity contribution in [3.8, 4) is 0 Å². The summed E-state index contributed by atoms with van der Waals surface area (Å²) in [7, 11) is 0. The van der Waals surface area contributed by atoms with E-state index in [1.165, 1.54) is 17.8 Å². The van der Waals surface area contributed by atoms with E-state index in [0.717, 1.165) is 31.0 Å². The highest BCUT2D eigenvalue weighted by Gasteiger charge is 2.22. The molecule has 6 heteroatoms. The van der Waals surface area contributed by atoms with Crippen molar-refractivity contribution in [3.63, 3.8) is 0 Å². The van der Waals surface area contributed by atoms with Gasteiger partial charge < -0.3 is 5.73 Å². The van der Waals surface area contributed by atoms with E-state index >= 15 is 0 Å². The van der Waals surface area contributed by atoms with Gasteiger partial charge in [0.2, 0.25) is 0 Å². The summed E-state index contributed by atoms with van der Waals surface area (Å²) < 4.78 is 0. The van der Waals surface area contributed by atoms with Crippen molar-refractivity contribution in [3.05, 3.63) is 34.2 Å². The maximum atomic E-state index is 5.96. The molecule has 2 aromatic rings. The Morgan fingerprint density at radius 2 is 2.15 bits per heavy atom. The lowest BCUT2D eigenvalue weighted by molar-refractivity contribution is 0.204. The highest BCUT2D eigenvalue weighted by Crippen LogP contribution is 2.29. The van der Waals surface area contributed by atoms with Gasteiger partial charge in [-0.05, 0) is 32.9 Å². The second-order valence-corrected chi connectivity index (χ2v) is 6.17. The monoisotopic (exact) mass is 289 g/mol. The van der Waals surface area contributed by atoms with Crippen LogP contribution in [0.1, 0.15) is 35.2 Å². The second kappa shape index (κ2) is 5.85. The Balaban J connectivity index is 1.58. The standard InChI is InChI=1S/C14H19N5S/c1-10-17-8-12(13(15)18-10)9-19-5-2-11(3-6-19)14-16-4-7-20-14/h4,7-8,11H,2-3,5-6,9H2,1H3,(H2,15,17,18). The maximum Gasteiger partial charge on any atom is 0.131 e. The largest absolute Gasteiger partial charge is 0.383 e. The molecule has 0 bridgehead atoms. The quantitative estimate of drug-likeness (QED) is 0.938. The SMILES string of the molecule is Cc1ncc(CN2CCC(c3nccs3)CC2)c(N)n1. The average molecular weight is 289 g/mol. The number of piperidine rings is 1. The van der Waals surface area contributed by atoms with E-state index in [-0.39, 0.29) is 0 Å². The van der Waals surface area contributed by atoms with Gasteiger partial charge in [0.25, 0.3) is 0 Å². The molecule has 20 heavy (non-hydrogen) atoms. The lowest BCUT2D eigenvalue weighted by atomic mass is 9.97. The summed E-state index contributed by atoms with van der Waals surface area (Å²) in [5.74, 6) is 1.96. The van der Waals surface area contributed by atoms with E-state index in [9.17, 15) is 0 Å². The summed E-state index contributed by atoms with van der Waals surface area (Å²) in [5.41, 5.74) is 6.99. The molecule has 0 amide bonds. The van der Waals surface area contributed by atoms with Gasteiger partial charge in [0.1, 0.15) is 11.6 Å². The number of nitrogen functional groups attached to an aromatic ring is 1. The van der Waals surface area contributed by atoms with Crippen molar-refractivity contribution in [2.24, 2.45) is 0 Å². The van der Waals surface area contributed by atoms with Crippen LogP contribution < -0.4 is 5.73 Å². The van der Waals surface area contributed by atoms with Crippen LogP contribution in [0.25, 0.3) is 0 Å². The van der Waals surface area contributed by atoms with E-state index < -0.39 is 0 Å². The molecule has 1 aliphatic rings. The molecule has 2 aromatic heterocycles. The predicted molar refractivity (Wildman–Crippen MR) is 80.5 cm³/mol. The first-order valence-electron chi connectivity index (χ1n) is 6.92. The topological polar surface area (TPSA) is 67.9 Å². The summed E-state index contributed by atoms with van der Waals surface area (Å²) in [6, 6.07) is 0. The fraction of sp³-hybridized carbons (Fsp3) is 0.500. The molecule has 1 aliphatic heterocycles. The normalized spacial score (nSPS) is 17.4. The number of likely N-dealkylation sites (tertiary alicyclic amines) is 1. The number of aryl methyl sites for hydroxylation is 1. The van der Waals surface area contributed by atoms with Crippen molar-refractivity contribution in [1.82, 2.24) is 19.9 Å². The molecular formula is C14H19N5S. The fourth-order valence-electron chi connectivity index (χ4n) is 2.65. The Bertz CT molecular complexity index is 561. The van der Waals surface area contributed by atoms with Gasteiger partial charge in [0.05, 0.1) is 5.01 Å². The highest BCUT2D eigenvalue weighted by atomic mass is 32.1. The van der Waals surface area contributed by atoms with Crippen molar-refractivity contribution >= 4 is 17.2 Å². The maximum absolute atomic E-state index is 5.96. The van der Waals surface area contributed by atoms with Crippen LogP contribution in [0.5, 0.6) is 0 Å². The Hall–Kier alpha value is -1.53. The number of aromatic nitrogens is 3. The van der Waals surface area contributed by atoms with Crippen LogP contribution in [0.2, 0.25) is 0 Å². The number of rotatable bonds is 3. The number of thiazole rings is 1. The Morgan fingerprint density at radius 3 is 2.80 bits per heavy atom. The van der Waals surface area contributed by atoms with E-state index in [1.807, 2.05) is 19.3 Å². The molecule has 0 aromatic carbocycles. The molecule has 2 N–H and O–H groups in total. The molecule has 5 nitrogen and oxygen atoms in total. The molecule has 3 rings (SSSR count). The van der Waals surface area contributed by atoms with E-state index in [2.05, 4.69) is 25.2 Å². The number of hydrogen-bond acceptors (Lipinski definition) is 6. The first-order chi connectivity index (χ1) is 9.72. The lowest BCUT2D eigenvalue weighted by Crippen LogP contribution is -2.32. The first-order valence-corrected chi connectivity index (χ1v) is 7.80. The molecule has 3 heterocycles. The zero-order chi connectivity index (χ0) is 13.9. The van der Waals surface area contributed by atoms with Crippen LogP contribution in [0.4, 0.5) is 5.82 Å². The molecular weight excluding hydrogens is 270 g/mol. The van der Waals surface area contributed by atoms with E-state index in [0.29, 0.717) is 11.7 Å². The summed E-state index contributed by atoms with van der Waals surface area (Å²) in [4.78, 5) is 15.3. The number of nitrogens with zero attached hydrogens (tertiary/aromatic N) is 4. The summed E-state index contributed by atoms with van der Waals surface area (Å²) in [6.07, 6.45) is 6.08. The smallest absolute Gasteiger partial charge is 0.131 e. The van der Waals surface area contributed by atoms with Crippen LogP contribution in [0.3, 0.4) is 0 Å². The van der Waals surface area contributed by atoms with Gasteiger partial charge in [0, 0.05) is 35.8 Å². The molecule has 0 radical (unpaired) electrons. The van der Waals surface area contributed by atoms with Crippen molar-refractivity contribution in [1.29, 1.82) is 0 Å². The molecule has 0 spiro atoms. The highest BCUT2D eigenvalue weighted by molar-refractivity contribution is 7.09. The van der Waals surface area contributed by atoms with Crippen LogP contribution >= 0.6 is 11.3 Å². The second-order valence-electron chi connectivity index (χ2n) is 5.25. The third-order valence-corrected chi connectivity index (χ3v) is 4.74. The molecule has 0 aliphatic carbocycles. The Kier molecular flexibility index (Phi) is 3.93. The van der Waals surface area contributed by atoms with Crippen LogP contribution in [0, 0.1) is 6.92 Å². The molecule has 1 saturated heterocycles. The third kappa shape index (κ3) is 2.96. The zero-order valence-corrected chi connectivity index (χ0v) is 12.4. The van der Waals surface area contributed by atoms with Gasteiger partial charge in [-0.25, -0.2) is 15.0 Å². The third-order valence-electron chi connectivity index (χ3n) is 3.80. The minimum Gasteiger partial charge on any atom is -0.383 e. The first kappa shape index (κ1) is 13.5. The molecule has 106 valence electrons. The molecule has 0 unspecified atom stereocenters. The molecule has 0 atom stereocenters. The van der Waals surface area contributed by atoms with Gasteiger partial charge in [-0.2, -0.15) is 0 Å². The van der Waals surface area contributed by atoms with Gasteiger partial charge in [-0.15, -0.1) is 11.3 Å². The van der Waals surface area contributed by atoms with E-state index in [4.69, 9.17) is 5.73 Å². The Labute approximate surface area is 122 Å². The van der Waals surface area contributed by atoms with Crippen LogP contribution in [0.15, 0.2) is 17.8 Å². The predicted octanol–water partition coefficient (Wildman–Crippen LogP) is 2.20. The lowest BCUT2D eigenvalue weighted by Gasteiger charge is -2.31. The van der Waals surface area contributed by atoms with Crippen molar-refractivity contribution in [2.45, 2.75) is 32.2 Å². The average Bonchev–Trinajstić information content (AvgIpc) is 2.97. The molecule has 0 saturated carbocycles. The van der Waals surface area contributed by atoms with Gasteiger partial charge in [-0.1, -0.05) is 0 Å². The number of nitrogens with two attached hydrogens (primary N) is 1. The van der Waals surface area contributed by atoms with Crippen LogP contribution in [-0.4, -0.2) is 32.9 Å². The Morgan fingerprint density at radius 1 is 1.35 bits per heavy atom. The van der Waals surface area contributed by atoms with Crippen LogP contribution in [-0.2, 0) is 6.54 Å². The fourth-order valence-corrected chi connectivity index (χ4v) is 3.46. The number of hydrogen-bond donors (Lipinski definition) is 1. The van der Waals surface area contributed by atoms with Gasteiger partial charge >= 0.3 is 0 Å². The van der Waals surface area contributed by atoms with Crippen molar-refractivity contribution < 1.29 is 0 Å². The summed E-state index contributed by atoms with van der Waals surface area (Å²) >= 11 is 1.77. The minimum absolute atomic E-state index is 0.611. The summed E-state index contributed by atoms with van der Waals surface area (Å²) in [6.45, 7) is 4.87. The number of anilines is 1. The minimum atomic E-state index is 0.611. The van der Waals surface area contributed by atoms with Gasteiger partial charge in [0.15, 0.2) is 0 Å². The van der Waals surface area contributed by atoms with Crippen molar-refractivity contribution in [2.75, 3.05) is 18.8 Å². The summed E-state index contributed by atoms with van der Waals surface area (Å²) in [5, 5.41) is 3.34. The van der Waals surface area contributed by atoms with E-state index in [1.54, 1.807) is 11.3 Å². The molecule has 1 fully saturated rings. The zero-order valence-electron chi connectivity index (χ0n) is 11.6. The van der Waals surface area contributed by atoms with Gasteiger partial charge in [-0.3, -0.25) is 4.90 Å².